The van der Waals surface area contributed by atoms with Gasteiger partial charge >= 0.3 is 0 Å². The first kappa shape index (κ1) is 15.3. The van der Waals surface area contributed by atoms with E-state index in [-0.39, 0.29) is 5.69 Å². The van der Waals surface area contributed by atoms with Crippen LogP contribution in [0.25, 0.3) is 22.4 Å². The zero-order valence-corrected chi connectivity index (χ0v) is 14.1. The summed E-state index contributed by atoms with van der Waals surface area (Å²) < 4.78 is 5.98. The molecule has 2 aromatic heterocycles. The Kier molecular flexibility index (Phi) is 3.65. The number of fused-ring (bicyclic) bond motifs is 1. The van der Waals surface area contributed by atoms with Crippen LogP contribution in [-0.2, 0) is 0 Å². The third-order valence-corrected chi connectivity index (χ3v) is 4.02. The van der Waals surface area contributed by atoms with Crippen LogP contribution in [0.1, 0.15) is 10.5 Å². The number of carbonyl (C=O) groups excluding carboxylic acids is 1. The number of aromatic nitrogens is 5. The summed E-state index contributed by atoms with van der Waals surface area (Å²) in [6.45, 7) is 0. The van der Waals surface area contributed by atoms with Gasteiger partial charge in [0, 0.05) is 21.8 Å². The standard InChI is InChI=1S/C15H10BrN7O2/c16-7-1-4-11(10(5-7)14-19-22-23-20-14)18-15(24)13-9-3-2-8(17)6-12(9)25-21-13/h1-6H,17H2,(H,18,24)(H,19,20,22,23). The normalized spacial score (nSPS) is 10.9. The van der Waals surface area contributed by atoms with Gasteiger partial charge in [-0.3, -0.25) is 4.79 Å². The number of hydrogen-bond donors (Lipinski definition) is 3. The summed E-state index contributed by atoms with van der Waals surface area (Å²) in [4.78, 5) is 12.6. The predicted molar refractivity (Wildman–Crippen MR) is 93.7 cm³/mol. The molecule has 0 saturated heterocycles. The van der Waals surface area contributed by atoms with Crippen LogP contribution in [0.3, 0.4) is 0 Å². The SMILES string of the molecule is Nc1ccc2c(C(=O)Nc3ccc(Br)cc3-c3nn[nH]n3)noc2c1. The molecule has 0 spiro atoms. The molecule has 0 aliphatic carbocycles. The zero-order valence-electron chi connectivity index (χ0n) is 12.5. The minimum atomic E-state index is -0.421. The smallest absolute Gasteiger partial charge is 0.278 e. The highest BCUT2D eigenvalue weighted by molar-refractivity contribution is 9.10. The number of rotatable bonds is 3. The summed E-state index contributed by atoms with van der Waals surface area (Å²) >= 11 is 3.39. The lowest BCUT2D eigenvalue weighted by Crippen LogP contribution is -2.13. The quantitative estimate of drug-likeness (QED) is 0.450. The van der Waals surface area contributed by atoms with Gasteiger partial charge in [-0.2, -0.15) is 5.21 Å². The first-order chi connectivity index (χ1) is 12.1. The van der Waals surface area contributed by atoms with Crippen LogP contribution >= 0.6 is 15.9 Å². The van der Waals surface area contributed by atoms with E-state index >= 15 is 0 Å². The molecule has 4 N–H and O–H groups in total. The van der Waals surface area contributed by atoms with E-state index in [0.717, 1.165) is 4.47 Å². The molecule has 0 atom stereocenters. The van der Waals surface area contributed by atoms with E-state index in [1.807, 2.05) is 0 Å². The molecule has 25 heavy (non-hydrogen) atoms. The van der Waals surface area contributed by atoms with Gasteiger partial charge in [-0.15, -0.1) is 10.2 Å². The van der Waals surface area contributed by atoms with Crippen molar-refractivity contribution >= 4 is 44.2 Å². The van der Waals surface area contributed by atoms with Crippen LogP contribution in [0.2, 0.25) is 0 Å². The molecule has 0 aliphatic heterocycles. The van der Waals surface area contributed by atoms with Crippen LogP contribution in [0, 0.1) is 0 Å². The van der Waals surface area contributed by atoms with Crippen molar-refractivity contribution in [2.75, 3.05) is 11.1 Å². The predicted octanol–water partition coefficient (Wildman–Crippen LogP) is 2.60. The van der Waals surface area contributed by atoms with Crippen molar-refractivity contribution in [1.82, 2.24) is 25.8 Å². The number of anilines is 2. The van der Waals surface area contributed by atoms with Crippen molar-refractivity contribution in [2.24, 2.45) is 0 Å². The van der Waals surface area contributed by atoms with E-state index in [1.165, 1.54) is 0 Å². The summed E-state index contributed by atoms with van der Waals surface area (Å²) in [5.74, 6) is -0.0648. The van der Waals surface area contributed by atoms with Crippen molar-refractivity contribution in [3.8, 4) is 11.4 Å². The summed E-state index contributed by atoms with van der Waals surface area (Å²) in [6.07, 6.45) is 0. The molecule has 2 heterocycles. The Morgan fingerprint density at radius 1 is 1.24 bits per heavy atom. The number of nitrogens with zero attached hydrogens (tertiary/aromatic N) is 4. The molecule has 0 unspecified atom stereocenters. The molecule has 0 bridgehead atoms. The molecule has 10 heteroatoms. The van der Waals surface area contributed by atoms with E-state index in [9.17, 15) is 4.79 Å². The number of nitrogens with two attached hydrogens (primary N) is 1. The number of carbonyl (C=O) groups is 1. The molecule has 0 fully saturated rings. The van der Waals surface area contributed by atoms with Gasteiger partial charge in [0.1, 0.15) is 0 Å². The van der Waals surface area contributed by atoms with Crippen LogP contribution in [0.5, 0.6) is 0 Å². The summed E-state index contributed by atoms with van der Waals surface area (Å²) in [7, 11) is 0. The highest BCUT2D eigenvalue weighted by Crippen LogP contribution is 2.29. The fraction of sp³-hybridized carbons (Fsp3) is 0. The number of nitrogen functional groups attached to an aromatic ring is 1. The molecule has 2 aromatic carbocycles. The van der Waals surface area contributed by atoms with Gasteiger partial charge in [0.05, 0.1) is 11.1 Å². The Balaban J connectivity index is 1.71. The van der Waals surface area contributed by atoms with Gasteiger partial charge in [-0.25, -0.2) is 0 Å². The number of H-pyrrole nitrogens is 1. The van der Waals surface area contributed by atoms with Gasteiger partial charge in [0.15, 0.2) is 11.3 Å². The number of halogens is 1. The molecule has 4 aromatic rings. The lowest BCUT2D eigenvalue weighted by atomic mass is 10.1. The second kappa shape index (κ2) is 5.98. The summed E-state index contributed by atoms with van der Waals surface area (Å²) in [5, 5.41) is 21.0. The fourth-order valence-corrected chi connectivity index (χ4v) is 2.75. The van der Waals surface area contributed by atoms with Crippen molar-refractivity contribution in [2.45, 2.75) is 0 Å². The second-order valence-electron chi connectivity index (χ2n) is 5.17. The maximum Gasteiger partial charge on any atom is 0.278 e. The van der Waals surface area contributed by atoms with Crippen molar-refractivity contribution < 1.29 is 9.32 Å². The maximum absolute atomic E-state index is 12.6. The average molecular weight is 400 g/mol. The van der Waals surface area contributed by atoms with E-state index in [1.54, 1.807) is 36.4 Å². The van der Waals surface area contributed by atoms with E-state index in [0.29, 0.717) is 33.7 Å². The fourth-order valence-electron chi connectivity index (χ4n) is 2.39. The lowest BCUT2D eigenvalue weighted by Gasteiger charge is -2.08. The maximum atomic E-state index is 12.6. The van der Waals surface area contributed by atoms with Crippen molar-refractivity contribution in [3.63, 3.8) is 0 Å². The number of tetrazole rings is 1. The Hall–Kier alpha value is -3.27. The highest BCUT2D eigenvalue weighted by Gasteiger charge is 2.19. The minimum absolute atomic E-state index is 0.164. The van der Waals surface area contributed by atoms with Crippen molar-refractivity contribution in [1.29, 1.82) is 0 Å². The topological polar surface area (TPSA) is 136 Å². The molecule has 0 saturated carbocycles. The van der Waals surface area contributed by atoms with Crippen LogP contribution in [0.15, 0.2) is 45.4 Å². The van der Waals surface area contributed by atoms with E-state index in [4.69, 9.17) is 10.3 Å². The number of benzene rings is 2. The molecule has 4 rings (SSSR count). The number of aromatic amines is 1. The van der Waals surface area contributed by atoms with Crippen LogP contribution in [-0.4, -0.2) is 31.7 Å². The summed E-state index contributed by atoms with van der Waals surface area (Å²) in [5.41, 5.74) is 7.96. The lowest BCUT2D eigenvalue weighted by molar-refractivity contribution is 0.102. The number of amides is 1. The minimum Gasteiger partial charge on any atom is -0.399 e. The third-order valence-electron chi connectivity index (χ3n) is 3.53. The Morgan fingerprint density at radius 2 is 2.12 bits per heavy atom. The van der Waals surface area contributed by atoms with Crippen molar-refractivity contribution in [3.05, 3.63) is 46.6 Å². The monoisotopic (exact) mass is 399 g/mol. The van der Waals surface area contributed by atoms with Crippen LogP contribution < -0.4 is 11.1 Å². The van der Waals surface area contributed by atoms with Gasteiger partial charge in [-0.05, 0) is 35.5 Å². The number of hydrogen-bond acceptors (Lipinski definition) is 7. The second-order valence-corrected chi connectivity index (χ2v) is 6.08. The van der Waals surface area contributed by atoms with Crippen LogP contribution in [0.4, 0.5) is 11.4 Å². The van der Waals surface area contributed by atoms with E-state index in [2.05, 4.69) is 47.0 Å². The average Bonchev–Trinajstić information content (AvgIpc) is 3.25. The zero-order chi connectivity index (χ0) is 17.4. The first-order valence-electron chi connectivity index (χ1n) is 7.11. The number of nitrogens with one attached hydrogen (secondary N) is 2. The molecule has 124 valence electrons. The largest absolute Gasteiger partial charge is 0.399 e. The van der Waals surface area contributed by atoms with Gasteiger partial charge in [-0.1, -0.05) is 21.1 Å². The molecular formula is C15H10BrN7O2. The van der Waals surface area contributed by atoms with Gasteiger partial charge in [0.2, 0.25) is 5.82 Å². The third kappa shape index (κ3) is 2.83. The Bertz CT molecular complexity index is 1070. The van der Waals surface area contributed by atoms with E-state index < -0.39 is 5.91 Å². The highest BCUT2D eigenvalue weighted by atomic mass is 79.9. The Morgan fingerprint density at radius 3 is 2.92 bits per heavy atom. The van der Waals surface area contributed by atoms with Gasteiger partial charge in [0.25, 0.3) is 5.91 Å². The molecule has 1 amide bonds. The molecule has 9 nitrogen and oxygen atoms in total. The van der Waals surface area contributed by atoms with Gasteiger partial charge < -0.3 is 15.6 Å². The Labute approximate surface area is 148 Å². The summed E-state index contributed by atoms with van der Waals surface area (Å²) in [6, 6.07) is 10.3. The molecular weight excluding hydrogens is 390 g/mol. The first-order valence-corrected chi connectivity index (χ1v) is 7.91. The molecule has 0 radical (unpaired) electrons. The molecule has 0 aliphatic rings.